The van der Waals surface area contributed by atoms with E-state index in [1.165, 1.54) is 7.11 Å². The minimum absolute atomic E-state index is 0.286. The Kier molecular flexibility index (Phi) is 8.07. The van der Waals surface area contributed by atoms with Gasteiger partial charge >= 0.3 is 5.97 Å². The fourth-order valence-corrected chi connectivity index (χ4v) is 2.85. The first-order valence-corrected chi connectivity index (χ1v) is 9.82. The summed E-state index contributed by atoms with van der Waals surface area (Å²) in [5.74, 6) is 0.291. The molecule has 0 saturated carbocycles. The molecule has 2 unspecified atom stereocenters. The molecule has 0 heterocycles. The number of benzene rings is 2. The predicted octanol–water partition coefficient (Wildman–Crippen LogP) is 4.79. The molecule has 6 nitrogen and oxygen atoms in total. The maximum Gasteiger partial charge on any atom is 0.339 e. The van der Waals surface area contributed by atoms with Crippen molar-refractivity contribution < 1.29 is 23.8 Å². The smallest absolute Gasteiger partial charge is 0.339 e. The highest BCUT2D eigenvalue weighted by Gasteiger charge is 2.21. The van der Waals surface area contributed by atoms with Crippen LogP contribution in [0.5, 0.6) is 11.5 Å². The van der Waals surface area contributed by atoms with Gasteiger partial charge in [-0.1, -0.05) is 32.0 Å². The van der Waals surface area contributed by atoms with Gasteiger partial charge in [-0.3, -0.25) is 4.79 Å². The molecule has 0 fully saturated rings. The molecule has 0 aliphatic carbocycles. The summed E-state index contributed by atoms with van der Waals surface area (Å²) >= 11 is 0. The van der Waals surface area contributed by atoms with E-state index >= 15 is 0 Å². The summed E-state index contributed by atoms with van der Waals surface area (Å²) in [5, 5.41) is 2.87. The molecular weight excluding hydrogens is 370 g/mol. The highest BCUT2D eigenvalue weighted by molar-refractivity contribution is 5.98. The molecule has 2 aromatic rings. The van der Waals surface area contributed by atoms with Crippen LogP contribution in [0.25, 0.3) is 0 Å². The summed E-state index contributed by atoms with van der Waals surface area (Å²) in [6.07, 6.45) is 0.00183. The zero-order chi connectivity index (χ0) is 21.4. The molecule has 0 spiro atoms. The molecule has 0 saturated heterocycles. The standard InChI is InChI=1S/C23H29NO5/c1-6-15(3)18-10-8-9-11-19(18)24-22(25)16(4)29-23(26)17-12-13-20(27-5)21(14-17)28-7-2/h8-16H,6-7H2,1-5H3,(H,24,25). The normalized spacial score (nSPS) is 12.6. The van der Waals surface area contributed by atoms with E-state index in [1.54, 1.807) is 25.1 Å². The summed E-state index contributed by atoms with van der Waals surface area (Å²) < 4.78 is 16.1. The van der Waals surface area contributed by atoms with Crippen LogP contribution in [0.2, 0.25) is 0 Å². The third-order valence-corrected chi connectivity index (χ3v) is 4.71. The molecule has 2 atom stereocenters. The predicted molar refractivity (Wildman–Crippen MR) is 113 cm³/mol. The lowest BCUT2D eigenvalue weighted by atomic mass is 9.97. The second-order valence-electron chi connectivity index (χ2n) is 6.73. The molecule has 6 heteroatoms. The van der Waals surface area contributed by atoms with Gasteiger partial charge in [0.05, 0.1) is 19.3 Å². The number of rotatable bonds is 9. The number of amides is 1. The first kappa shape index (κ1) is 22.3. The SMILES string of the molecule is CCOc1cc(C(=O)OC(C)C(=O)Nc2ccccc2C(C)CC)ccc1OC. The Hall–Kier alpha value is -3.02. The molecule has 1 amide bonds. The van der Waals surface area contributed by atoms with Crippen LogP contribution in [0.4, 0.5) is 5.69 Å². The van der Waals surface area contributed by atoms with Crippen molar-refractivity contribution in [3.05, 3.63) is 53.6 Å². The van der Waals surface area contributed by atoms with Crippen molar-refractivity contribution in [2.45, 2.75) is 46.1 Å². The summed E-state index contributed by atoms with van der Waals surface area (Å²) in [5.41, 5.74) is 2.07. The van der Waals surface area contributed by atoms with Crippen LogP contribution in [-0.2, 0) is 9.53 Å². The van der Waals surface area contributed by atoms with Gasteiger partial charge in [0.2, 0.25) is 0 Å². The Morgan fingerprint density at radius 3 is 2.41 bits per heavy atom. The number of para-hydroxylation sites is 1. The lowest BCUT2D eigenvalue weighted by molar-refractivity contribution is -0.123. The minimum Gasteiger partial charge on any atom is -0.493 e. The third-order valence-electron chi connectivity index (χ3n) is 4.71. The average molecular weight is 399 g/mol. The number of carbonyl (C=O) groups excluding carboxylic acids is 2. The molecular formula is C23H29NO5. The molecule has 0 aliphatic rings. The Labute approximate surface area is 172 Å². The fourth-order valence-electron chi connectivity index (χ4n) is 2.85. The van der Waals surface area contributed by atoms with Crippen molar-refractivity contribution >= 4 is 17.6 Å². The molecule has 0 bridgehead atoms. The fraction of sp³-hybridized carbons (Fsp3) is 0.391. The number of carbonyl (C=O) groups is 2. The number of hydrogen-bond donors (Lipinski definition) is 1. The number of ether oxygens (including phenoxy) is 3. The van der Waals surface area contributed by atoms with Gasteiger partial charge < -0.3 is 19.5 Å². The van der Waals surface area contributed by atoms with E-state index in [4.69, 9.17) is 14.2 Å². The summed E-state index contributed by atoms with van der Waals surface area (Å²) in [6.45, 7) is 8.02. The summed E-state index contributed by atoms with van der Waals surface area (Å²) in [7, 11) is 1.53. The monoisotopic (exact) mass is 399 g/mol. The molecule has 29 heavy (non-hydrogen) atoms. The molecule has 2 aromatic carbocycles. The van der Waals surface area contributed by atoms with E-state index in [-0.39, 0.29) is 11.5 Å². The van der Waals surface area contributed by atoms with E-state index in [1.807, 2.05) is 31.2 Å². The van der Waals surface area contributed by atoms with Crippen molar-refractivity contribution in [2.24, 2.45) is 0 Å². The van der Waals surface area contributed by atoms with Crippen molar-refractivity contribution in [2.75, 3.05) is 19.0 Å². The Balaban J connectivity index is 2.08. The zero-order valence-electron chi connectivity index (χ0n) is 17.7. The first-order valence-electron chi connectivity index (χ1n) is 9.82. The zero-order valence-corrected chi connectivity index (χ0v) is 17.7. The van der Waals surface area contributed by atoms with Crippen LogP contribution >= 0.6 is 0 Å². The van der Waals surface area contributed by atoms with E-state index in [2.05, 4.69) is 19.2 Å². The van der Waals surface area contributed by atoms with Crippen molar-refractivity contribution in [1.82, 2.24) is 0 Å². The van der Waals surface area contributed by atoms with Crippen LogP contribution in [0.15, 0.2) is 42.5 Å². The lowest BCUT2D eigenvalue weighted by Crippen LogP contribution is -2.30. The minimum atomic E-state index is -0.954. The van der Waals surface area contributed by atoms with Crippen molar-refractivity contribution in [1.29, 1.82) is 0 Å². The second kappa shape index (κ2) is 10.5. The first-order chi connectivity index (χ1) is 13.9. The lowest BCUT2D eigenvalue weighted by Gasteiger charge is -2.18. The van der Waals surface area contributed by atoms with Gasteiger partial charge in [-0.2, -0.15) is 0 Å². The topological polar surface area (TPSA) is 73.9 Å². The quantitative estimate of drug-likeness (QED) is 0.614. The van der Waals surface area contributed by atoms with Gasteiger partial charge in [0.25, 0.3) is 5.91 Å². The van der Waals surface area contributed by atoms with E-state index in [0.29, 0.717) is 24.0 Å². The molecule has 156 valence electrons. The van der Waals surface area contributed by atoms with Gasteiger partial charge in [0.1, 0.15) is 0 Å². The van der Waals surface area contributed by atoms with Gasteiger partial charge in [0, 0.05) is 5.69 Å². The number of anilines is 1. The van der Waals surface area contributed by atoms with Crippen LogP contribution in [0, 0.1) is 0 Å². The van der Waals surface area contributed by atoms with Gasteiger partial charge in [0.15, 0.2) is 17.6 Å². The maximum atomic E-state index is 12.6. The molecule has 0 aromatic heterocycles. The Morgan fingerprint density at radius 1 is 1.03 bits per heavy atom. The van der Waals surface area contributed by atoms with Crippen molar-refractivity contribution in [3.63, 3.8) is 0 Å². The summed E-state index contributed by atoms with van der Waals surface area (Å²) in [6, 6.07) is 12.4. The number of esters is 1. The van der Waals surface area contributed by atoms with Crippen LogP contribution in [-0.4, -0.2) is 31.7 Å². The van der Waals surface area contributed by atoms with Gasteiger partial charge in [-0.05, 0) is 56.0 Å². The second-order valence-corrected chi connectivity index (χ2v) is 6.73. The molecule has 0 aliphatic heterocycles. The van der Waals surface area contributed by atoms with Crippen molar-refractivity contribution in [3.8, 4) is 11.5 Å². The van der Waals surface area contributed by atoms with Crippen LogP contribution in [0.3, 0.4) is 0 Å². The molecule has 2 rings (SSSR count). The van der Waals surface area contributed by atoms with Gasteiger partial charge in [-0.15, -0.1) is 0 Å². The number of methoxy groups -OCH3 is 1. The Bertz CT molecular complexity index is 849. The highest BCUT2D eigenvalue weighted by Crippen LogP contribution is 2.29. The number of hydrogen-bond acceptors (Lipinski definition) is 5. The van der Waals surface area contributed by atoms with Crippen LogP contribution < -0.4 is 14.8 Å². The summed E-state index contributed by atoms with van der Waals surface area (Å²) in [4.78, 5) is 25.1. The Morgan fingerprint density at radius 2 is 1.76 bits per heavy atom. The third kappa shape index (κ3) is 5.73. The van der Waals surface area contributed by atoms with E-state index < -0.39 is 12.1 Å². The maximum absolute atomic E-state index is 12.6. The highest BCUT2D eigenvalue weighted by atomic mass is 16.5. The van der Waals surface area contributed by atoms with E-state index in [9.17, 15) is 9.59 Å². The number of nitrogens with one attached hydrogen (secondary N) is 1. The average Bonchev–Trinajstić information content (AvgIpc) is 2.73. The largest absolute Gasteiger partial charge is 0.493 e. The molecule has 0 radical (unpaired) electrons. The van der Waals surface area contributed by atoms with Gasteiger partial charge in [-0.25, -0.2) is 4.79 Å². The molecule has 1 N–H and O–H groups in total. The van der Waals surface area contributed by atoms with E-state index in [0.717, 1.165) is 17.7 Å². The van der Waals surface area contributed by atoms with Crippen LogP contribution in [0.1, 0.15) is 56.0 Å².